The van der Waals surface area contributed by atoms with E-state index in [0.29, 0.717) is 0 Å². The molecule has 0 aliphatic carbocycles. The van der Waals surface area contributed by atoms with Gasteiger partial charge in [-0.2, -0.15) is 0 Å². The Morgan fingerprint density at radius 1 is 1.44 bits per heavy atom. The summed E-state index contributed by atoms with van der Waals surface area (Å²) < 4.78 is 7.06. The van der Waals surface area contributed by atoms with Gasteiger partial charge in [-0.15, -0.1) is 0 Å². The van der Waals surface area contributed by atoms with E-state index in [9.17, 15) is 4.79 Å². The van der Waals surface area contributed by atoms with Crippen LogP contribution in [0, 0.1) is 0 Å². The smallest absolute Gasteiger partial charge is 0.326 e. The normalized spacial score (nSPS) is 11.9. The van der Waals surface area contributed by atoms with E-state index >= 15 is 0 Å². The molecule has 0 radical (unpaired) electrons. The number of carbonyl (C=O) groups is 1. The molecule has 1 aromatic heterocycles. The monoisotopic (exact) mass is 252 g/mol. The lowest BCUT2D eigenvalue weighted by Crippen LogP contribution is -2.35. The van der Waals surface area contributed by atoms with Crippen molar-refractivity contribution in [2.24, 2.45) is 0 Å². The van der Waals surface area contributed by atoms with Crippen molar-refractivity contribution in [1.29, 1.82) is 0 Å². The molecule has 1 N–H and O–H groups in total. The topological polar surface area (TPSA) is 43.3 Å². The third-order valence-corrected chi connectivity index (χ3v) is 2.39. The van der Waals surface area contributed by atoms with Gasteiger partial charge in [0, 0.05) is 24.0 Å². The molecule has 1 aromatic rings. The number of hydrogen-bond acceptors (Lipinski definition) is 3. The molecule has 102 valence electrons. The van der Waals surface area contributed by atoms with Crippen molar-refractivity contribution in [2.75, 3.05) is 0 Å². The molecule has 0 atom stereocenters. The predicted octanol–water partition coefficient (Wildman–Crippen LogP) is 2.33. The molecule has 0 aliphatic rings. The van der Waals surface area contributed by atoms with Gasteiger partial charge in [0.05, 0.1) is 6.10 Å². The average Bonchev–Trinajstić information content (AvgIpc) is 2.59. The van der Waals surface area contributed by atoms with E-state index in [0.717, 1.165) is 12.2 Å². The highest BCUT2D eigenvalue weighted by Gasteiger charge is 2.12. The number of aromatic nitrogens is 1. The van der Waals surface area contributed by atoms with E-state index in [1.165, 1.54) is 0 Å². The first-order chi connectivity index (χ1) is 8.28. The Morgan fingerprint density at radius 3 is 2.67 bits per heavy atom. The zero-order valence-electron chi connectivity index (χ0n) is 12.0. The summed E-state index contributed by atoms with van der Waals surface area (Å²) in [6, 6.07) is 3.96. The van der Waals surface area contributed by atoms with E-state index in [4.69, 9.17) is 4.74 Å². The summed E-state index contributed by atoms with van der Waals surface area (Å²) in [5.74, 6) is -0.196. The standard InChI is InChI=1S/C14H24N2O2/c1-11(2)18-13(17)10-16-8-6-7-12(16)9-15-14(3,4)5/h6-8,11,15H,9-10H2,1-5H3. The lowest BCUT2D eigenvalue weighted by atomic mass is 10.1. The molecule has 0 aromatic carbocycles. The first-order valence-corrected chi connectivity index (χ1v) is 6.36. The van der Waals surface area contributed by atoms with E-state index in [2.05, 4.69) is 26.1 Å². The van der Waals surface area contributed by atoms with E-state index in [1.54, 1.807) is 0 Å². The largest absolute Gasteiger partial charge is 0.462 e. The molecule has 0 amide bonds. The maximum Gasteiger partial charge on any atom is 0.326 e. The lowest BCUT2D eigenvalue weighted by Gasteiger charge is -2.21. The van der Waals surface area contributed by atoms with Gasteiger partial charge in [-0.3, -0.25) is 4.79 Å². The van der Waals surface area contributed by atoms with Gasteiger partial charge in [0.1, 0.15) is 6.54 Å². The van der Waals surface area contributed by atoms with Crippen LogP contribution in [-0.2, 0) is 22.6 Å². The molecule has 0 bridgehead atoms. The highest BCUT2D eigenvalue weighted by atomic mass is 16.5. The second-order valence-electron chi connectivity index (χ2n) is 5.77. The third kappa shape index (κ3) is 5.36. The second-order valence-corrected chi connectivity index (χ2v) is 5.77. The molecule has 4 nitrogen and oxygen atoms in total. The minimum Gasteiger partial charge on any atom is -0.462 e. The molecule has 0 unspecified atom stereocenters. The van der Waals surface area contributed by atoms with Crippen molar-refractivity contribution in [3.63, 3.8) is 0 Å². The molecule has 0 spiro atoms. The molecule has 18 heavy (non-hydrogen) atoms. The Balaban J connectivity index is 2.57. The molecular formula is C14H24N2O2. The summed E-state index contributed by atoms with van der Waals surface area (Å²) in [5, 5.41) is 3.41. The van der Waals surface area contributed by atoms with Gasteiger partial charge in [0.25, 0.3) is 0 Å². The molecule has 0 aliphatic heterocycles. The predicted molar refractivity (Wildman–Crippen MR) is 72.3 cm³/mol. The highest BCUT2D eigenvalue weighted by molar-refractivity contribution is 5.69. The fourth-order valence-corrected chi connectivity index (χ4v) is 1.56. The summed E-state index contributed by atoms with van der Waals surface area (Å²) in [6.07, 6.45) is 1.84. The van der Waals surface area contributed by atoms with Gasteiger partial charge in [0.15, 0.2) is 0 Å². The van der Waals surface area contributed by atoms with Gasteiger partial charge < -0.3 is 14.6 Å². The SMILES string of the molecule is CC(C)OC(=O)Cn1cccc1CNC(C)(C)C. The van der Waals surface area contributed by atoms with Crippen molar-refractivity contribution in [3.8, 4) is 0 Å². The van der Waals surface area contributed by atoms with Crippen LogP contribution in [0.25, 0.3) is 0 Å². The minimum absolute atomic E-state index is 0.0630. The van der Waals surface area contributed by atoms with Crippen LogP contribution in [0.15, 0.2) is 18.3 Å². The number of nitrogens with one attached hydrogen (secondary N) is 1. The highest BCUT2D eigenvalue weighted by Crippen LogP contribution is 2.06. The Hall–Kier alpha value is -1.29. The number of ether oxygens (including phenoxy) is 1. The summed E-state index contributed by atoms with van der Waals surface area (Å²) in [5.41, 5.74) is 1.15. The number of rotatable bonds is 5. The van der Waals surface area contributed by atoms with Crippen LogP contribution >= 0.6 is 0 Å². The van der Waals surface area contributed by atoms with Crippen molar-refractivity contribution >= 4 is 5.97 Å². The van der Waals surface area contributed by atoms with Gasteiger partial charge in [-0.05, 0) is 46.8 Å². The number of hydrogen-bond donors (Lipinski definition) is 1. The zero-order valence-corrected chi connectivity index (χ0v) is 12.0. The van der Waals surface area contributed by atoms with E-state index in [1.807, 2.05) is 36.7 Å². The fourth-order valence-electron chi connectivity index (χ4n) is 1.56. The van der Waals surface area contributed by atoms with Crippen molar-refractivity contribution in [3.05, 3.63) is 24.0 Å². The van der Waals surface area contributed by atoms with E-state index < -0.39 is 0 Å². The maximum atomic E-state index is 11.6. The van der Waals surface area contributed by atoms with Crippen LogP contribution < -0.4 is 5.32 Å². The fraction of sp³-hybridized carbons (Fsp3) is 0.643. The van der Waals surface area contributed by atoms with Crippen LogP contribution in [0.3, 0.4) is 0 Å². The van der Waals surface area contributed by atoms with Crippen LogP contribution in [0.5, 0.6) is 0 Å². The molecular weight excluding hydrogens is 228 g/mol. The number of carbonyl (C=O) groups excluding carboxylic acids is 1. The number of nitrogens with zero attached hydrogens (tertiary/aromatic N) is 1. The Morgan fingerprint density at radius 2 is 2.11 bits per heavy atom. The zero-order chi connectivity index (χ0) is 13.8. The Bertz CT molecular complexity index is 389. The molecule has 0 saturated carbocycles. The molecule has 1 heterocycles. The Labute approximate surface area is 109 Å². The molecule has 1 rings (SSSR count). The quantitative estimate of drug-likeness (QED) is 0.818. The van der Waals surface area contributed by atoms with Gasteiger partial charge in [0.2, 0.25) is 0 Å². The molecule has 0 saturated heterocycles. The van der Waals surface area contributed by atoms with Crippen LogP contribution in [0.1, 0.15) is 40.3 Å². The lowest BCUT2D eigenvalue weighted by molar-refractivity contribution is -0.148. The van der Waals surface area contributed by atoms with Crippen molar-refractivity contribution < 1.29 is 9.53 Å². The maximum absolute atomic E-state index is 11.6. The Kier molecular flexibility index (Phi) is 4.96. The molecule has 4 heteroatoms. The van der Waals surface area contributed by atoms with Crippen LogP contribution in [0.4, 0.5) is 0 Å². The minimum atomic E-state index is -0.196. The summed E-state index contributed by atoms with van der Waals surface area (Å²) in [4.78, 5) is 11.6. The second kappa shape index (κ2) is 6.05. The summed E-state index contributed by atoms with van der Waals surface area (Å²) in [7, 11) is 0. The van der Waals surface area contributed by atoms with Crippen LogP contribution in [-0.4, -0.2) is 22.2 Å². The third-order valence-electron chi connectivity index (χ3n) is 2.39. The van der Waals surface area contributed by atoms with Crippen molar-refractivity contribution in [2.45, 2.75) is 59.4 Å². The van der Waals surface area contributed by atoms with Gasteiger partial charge in [-0.1, -0.05) is 0 Å². The summed E-state index contributed by atoms with van der Waals surface area (Å²) in [6.45, 7) is 11.1. The first kappa shape index (κ1) is 14.8. The van der Waals surface area contributed by atoms with Gasteiger partial charge in [-0.25, -0.2) is 0 Å². The van der Waals surface area contributed by atoms with Crippen molar-refractivity contribution in [1.82, 2.24) is 9.88 Å². The van der Waals surface area contributed by atoms with Gasteiger partial charge >= 0.3 is 5.97 Å². The van der Waals surface area contributed by atoms with E-state index in [-0.39, 0.29) is 24.2 Å². The first-order valence-electron chi connectivity index (χ1n) is 6.36. The molecule has 0 fully saturated rings. The summed E-state index contributed by atoms with van der Waals surface area (Å²) >= 11 is 0. The average molecular weight is 252 g/mol. The van der Waals surface area contributed by atoms with Crippen LogP contribution in [0.2, 0.25) is 0 Å². The number of esters is 1.